The molecule has 0 heterocycles. The molecule has 0 spiro atoms. The van der Waals surface area contributed by atoms with Gasteiger partial charge in [0.1, 0.15) is 23.3 Å². The zero-order chi connectivity index (χ0) is 24.1. The molecule has 1 N–H and O–H groups in total. The predicted molar refractivity (Wildman–Crippen MR) is 129 cm³/mol. The Bertz CT molecular complexity index is 869. The molecule has 2 amide bonds. The van der Waals surface area contributed by atoms with Crippen molar-refractivity contribution in [3.8, 4) is 17.2 Å². The minimum Gasteiger partial charge on any atom is -0.497 e. The molecular weight excluding hydrogens is 420 g/mol. The van der Waals surface area contributed by atoms with Crippen LogP contribution in [0, 0.1) is 0 Å². The quantitative estimate of drug-likeness (QED) is 0.431. The molecule has 0 radical (unpaired) electrons. The number of carbonyl (C=O) groups is 2. The molecule has 2 rings (SSSR count). The van der Waals surface area contributed by atoms with Crippen LogP contribution >= 0.6 is 0 Å². The number of hydrogen-bond acceptors (Lipinski definition) is 5. The fourth-order valence-corrected chi connectivity index (χ4v) is 3.32. The lowest BCUT2D eigenvalue weighted by atomic mass is 10.1. The van der Waals surface area contributed by atoms with Gasteiger partial charge in [-0.3, -0.25) is 9.59 Å². The van der Waals surface area contributed by atoms with E-state index in [0.29, 0.717) is 31.9 Å². The number of hydrogen-bond donors (Lipinski definition) is 1. The molecular formula is C26H36N2O5. The van der Waals surface area contributed by atoms with Gasteiger partial charge in [0.15, 0.2) is 0 Å². The van der Waals surface area contributed by atoms with Crippen LogP contribution in [0.3, 0.4) is 0 Å². The number of methoxy groups -OCH3 is 2. The van der Waals surface area contributed by atoms with Crippen LogP contribution in [-0.4, -0.2) is 50.1 Å². The highest BCUT2D eigenvalue weighted by Gasteiger charge is 2.25. The molecule has 7 nitrogen and oxygen atoms in total. The Balaban J connectivity index is 1.98. The average Bonchev–Trinajstić information content (AvgIpc) is 2.85. The fraction of sp³-hybridized carbons (Fsp3) is 0.462. The number of carbonyl (C=O) groups excluding carboxylic acids is 2. The van der Waals surface area contributed by atoms with E-state index < -0.39 is 6.04 Å². The predicted octanol–water partition coefficient (Wildman–Crippen LogP) is 4.20. The Hall–Kier alpha value is -3.22. The van der Waals surface area contributed by atoms with Crippen molar-refractivity contribution in [3.63, 3.8) is 0 Å². The van der Waals surface area contributed by atoms with Crippen molar-refractivity contribution in [2.75, 3.05) is 27.4 Å². The van der Waals surface area contributed by atoms with Crippen molar-refractivity contribution in [2.45, 2.75) is 52.1 Å². The number of nitrogens with one attached hydrogen (secondary N) is 1. The second-order valence-corrected chi connectivity index (χ2v) is 7.82. The fourth-order valence-electron chi connectivity index (χ4n) is 3.32. The molecule has 0 saturated heterocycles. The summed E-state index contributed by atoms with van der Waals surface area (Å²) in [5, 5.41) is 2.93. The van der Waals surface area contributed by atoms with Crippen LogP contribution in [0.4, 0.5) is 0 Å². The number of nitrogens with zero attached hydrogens (tertiary/aromatic N) is 1. The lowest BCUT2D eigenvalue weighted by molar-refractivity contribution is -0.140. The highest BCUT2D eigenvalue weighted by Crippen LogP contribution is 2.19. The zero-order valence-electron chi connectivity index (χ0n) is 20.1. The summed E-state index contributed by atoms with van der Waals surface area (Å²) >= 11 is 0. The maximum Gasteiger partial charge on any atom is 0.242 e. The van der Waals surface area contributed by atoms with Crippen molar-refractivity contribution >= 4 is 11.8 Å². The van der Waals surface area contributed by atoms with Crippen LogP contribution in [0.5, 0.6) is 17.2 Å². The standard InChI is InChI=1S/C26H36N2O5/c1-5-6-16-27-26(30)20(2)28(19-21-9-7-10-24(18-21)32-4)25(29)11-8-17-33-23-14-12-22(31-3)13-15-23/h7,9-10,12-15,18,20H,5-6,8,11,16-17,19H2,1-4H3,(H,27,30). The van der Waals surface area contributed by atoms with Gasteiger partial charge in [-0.05, 0) is 61.7 Å². The van der Waals surface area contributed by atoms with E-state index in [1.807, 2.05) is 48.5 Å². The molecule has 0 aliphatic heterocycles. The Morgan fingerprint density at radius 3 is 2.33 bits per heavy atom. The maximum absolute atomic E-state index is 13.1. The van der Waals surface area contributed by atoms with Crippen LogP contribution in [0.2, 0.25) is 0 Å². The molecule has 0 fully saturated rings. The summed E-state index contributed by atoms with van der Waals surface area (Å²) in [4.78, 5) is 27.4. The van der Waals surface area contributed by atoms with Crippen LogP contribution < -0.4 is 19.5 Å². The highest BCUT2D eigenvalue weighted by atomic mass is 16.5. The normalized spacial score (nSPS) is 11.4. The van der Waals surface area contributed by atoms with Gasteiger partial charge >= 0.3 is 0 Å². The van der Waals surface area contributed by atoms with Gasteiger partial charge in [-0.2, -0.15) is 0 Å². The van der Waals surface area contributed by atoms with E-state index in [4.69, 9.17) is 14.2 Å². The molecule has 0 aromatic heterocycles. The van der Waals surface area contributed by atoms with E-state index in [1.165, 1.54) is 0 Å². The van der Waals surface area contributed by atoms with E-state index >= 15 is 0 Å². The molecule has 33 heavy (non-hydrogen) atoms. The Kier molecular flexibility index (Phi) is 11.1. The Morgan fingerprint density at radius 1 is 0.970 bits per heavy atom. The van der Waals surface area contributed by atoms with Gasteiger partial charge in [-0.25, -0.2) is 0 Å². The Labute approximate surface area is 197 Å². The minimum absolute atomic E-state index is 0.0886. The van der Waals surface area contributed by atoms with Gasteiger partial charge in [-0.1, -0.05) is 25.5 Å². The smallest absolute Gasteiger partial charge is 0.242 e. The number of ether oxygens (including phenoxy) is 3. The summed E-state index contributed by atoms with van der Waals surface area (Å²) in [7, 11) is 3.22. The van der Waals surface area contributed by atoms with Crippen molar-refractivity contribution in [3.05, 3.63) is 54.1 Å². The number of amides is 2. The third-order valence-corrected chi connectivity index (χ3v) is 5.35. The van der Waals surface area contributed by atoms with Gasteiger partial charge in [0.25, 0.3) is 0 Å². The second kappa shape index (κ2) is 14.0. The van der Waals surface area contributed by atoms with Crippen LogP contribution in [0.25, 0.3) is 0 Å². The lowest BCUT2D eigenvalue weighted by Crippen LogP contribution is -2.47. The van der Waals surface area contributed by atoms with Gasteiger partial charge in [0.05, 0.1) is 20.8 Å². The van der Waals surface area contributed by atoms with Crippen LogP contribution in [-0.2, 0) is 16.1 Å². The molecule has 7 heteroatoms. The first-order chi connectivity index (χ1) is 16.0. The van der Waals surface area contributed by atoms with Gasteiger partial charge in [0.2, 0.25) is 11.8 Å². The van der Waals surface area contributed by atoms with E-state index in [1.54, 1.807) is 26.0 Å². The maximum atomic E-state index is 13.1. The van der Waals surface area contributed by atoms with Crippen molar-refractivity contribution in [2.24, 2.45) is 0 Å². The summed E-state index contributed by atoms with van der Waals surface area (Å²) in [6.07, 6.45) is 2.73. The topological polar surface area (TPSA) is 77.1 Å². The average molecular weight is 457 g/mol. The van der Waals surface area contributed by atoms with E-state index in [9.17, 15) is 9.59 Å². The number of unbranched alkanes of at least 4 members (excludes halogenated alkanes) is 1. The first kappa shape index (κ1) is 26.0. The number of benzene rings is 2. The van der Waals surface area contributed by atoms with Crippen molar-refractivity contribution < 1.29 is 23.8 Å². The Morgan fingerprint density at radius 2 is 1.67 bits per heavy atom. The first-order valence-electron chi connectivity index (χ1n) is 11.5. The summed E-state index contributed by atoms with van der Waals surface area (Å²) in [6.45, 7) is 5.19. The van der Waals surface area contributed by atoms with Gasteiger partial charge in [-0.15, -0.1) is 0 Å². The molecule has 0 bridgehead atoms. The largest absolute Gasteiger partial charge is 0.497 e. The third kappa shape index (κ3) is 8.67. The number of rotatable bonds is 14. The molecule has 1 unspecified atom stereocenters. The van der Waals surface area contributed by atoms with E-state index in [0.717, 1.165) is 29.9 Å². The molecule has 2 aromatic carbocycles. The molecule has 180 valence electrons. The van der Waals surface area contributed by atoms with Crippen molar-refractivity contribution in [1.82, 2.24) is 10.2 Å². The zero-order valence-corrected chi connectivity index (χ0v) is 20.1. The third-order valence-electron chi connectivity index (χ3n) is 5.35. The van der Waals surface area contributed by atoms with Gasteiger partial charge in [0, 0.05) is 19.5 Å². The summed E-state index contributed by atoms with van der Waals surface area (Å²) in [5.41, 5.74) is 0.908. The molecule has 0 aliphatic rings. The van der Waals surface area contributed by atoms with Gasteiger partial charge < -0.3 is 24.4 Å². The molecule has 0 saturated carbocycles. The van der Waals surface area contributed by atoms with Crippen LogP contribution in [0.15, 0.2) is 48.5 Å². The molecule has 0 aliphatic carbocycles. The second-order valence-electron chi connectivity index (χ2n) is 7.82. The molecule has 2 aromatic rings. The van der Waals surface area contributed by atoms with Crippen LogP contribution in [0.1, 0.15) is 45.1 Å². The highest BCUT2D eigenvalue weighted by molar-refractivity contribution is 5.87. The van der Waals surface area contributed by atoms with Crippen molar-refractivity contribution in [1.29, 1.82) is 0 Å². The van der Waals surface area contributed by atoms with E-state index in [-0.39, 0.29) is 18.2 Å². The summed E-state index contributed by atoms with van der Waals surface area (Å²) in [6, 6.07) is 14.3. The molecule has 1 atom stereocenters. The lowest BCUT2D eigenvalue weighted by Gasteiger charge is -2.29. The SMILES string of the molecule is CCCCNC(=O)C(C)N(Cc1cccc(OC)c1)C(=O)CCCOc1ccc(OC)cc1. The van der Waals surface area contributed by atoms with E-state index in [2.05, 4.69) is 12.2 Å². The summed E-state index contributed by atoms with van der Waals surface area (Å²) in [5.74, 6) is 1.97. The monoisotopic (exact) mass is 456 g/mol. The first-order valence-corrected chi connectivity index (χ1v) is 11.5. The minimum atomic E-state index is -0.580. The summed E-state index contributed by atoms with van der Waals surface area (Å²) < 4.78 is 16.2.